The summed E-state index contributed by atoms with van der Waals surface area (Å²) in [5.41, 5.74) is 0.724. The Morgan fingerprint density at radius 3 is 2.91 bits per heavy atom. The smallest absolute Gasteiger partial charge is 0.267 e. The van der Waals surface area contributed by atoms with Crippen LogP contribution in [0.2, 0.25) is 0 Å². The first kappa shape index (κ1) is 15.6. The Labute approximate surface area is 138 Å². The molecule has 6 heteroatoms. The van der Waals surface area contributed by atoms with E-state index in [4.69, 9.17) is 4.74 Å². The molecule has 0 radical (unpaired) electrons. The molecule has 23 heavy (non-hydrogen) atoms. The van der Waals surface area contributed by atoms with Gasteiger partial charge in [0.2, 0.25) is 5.91 Å². The van der Waals surface area contributed by atoms with Gasteiger partial charge in [-0.3, -0.25) is 9.59 Å². The lowest BCUT2D eigenvalue weighted by Gasteiger charge is -2.32. The van der Waals surface area contributed by atoms with Crippen LogP contribution in [0.3, 0.4) is 0 Å². The Balaban J connectivity index is 1.60. The monoisotopic (exact) mass is 330 g/mol. The number of hydrogen-bond donors (Lipinski definition) is 1. The van der Waals surface area contributed by atoms with Gasteiger partial charge in [-0.15, -0.1) is 11.3 Å². The number of ether oxygens (including phenoxy) is 1. The van der Waals surface area contributed by atoms with Crippen molar-refractivity contribution in [3.63, 3.8) is 0 Å². The lowest BCUT2D eigenvalue weighted by molar-refractivity contribution is -0.125. The normalized spacial score (nSPS) is 16.7. The fourth-order valence-corrected chi connectivity index (χ4v) is 3.13. The summed E-state index contributed by atoms with van der Waals surface area (Å²) in [7, 11) is 0. The highest BCUT2D eigenvalue weighted by atomic mass is 32.1. The van der Waals surface area contributed by atoms with Gasteiger partial charge < -0.3 is 15.0 Å². The number of nitrogens with zero attached hydrogens (tertiary/aromatic N) is 1. The van der Waals surface area contributed by atoms with Gasteiger partial charge in [-0.25, -0.2) is 0 Å². The molecule has 0 spiro atoms. The van der Waals surface area contributed by atoms with E-state index < -0.39 is 6.10 Å². The SMILES string of the molecule is CC1Oc2ccccc2N(CCC(=O)NCc2cccs2)C1=O. The van der Waals surface area contributed by atoms with Crippen molar-refractivity contribution in [3.05, 3.63) is 46.7 Å². The van der Waals surface area contributed by atoms with Gasteiger partial charge in [-0.1, -0.05) is 18.2 Å². The van der Waals surface area contributed by atoms with Crippen molar-refractivity contribution in [1.82, 2.24) is 5.32 Å². The number of thiophene rings is 1. The summed E-state index contributed by atoms with van der Waals surface area (Å²) in [6, 6.07) is 11.3. The summed E-state index contributed by atoms with van der Waals surface area (Å²) >= 11 is 1.61. The molecule has 0 saturated heterocycles. The highest BCUT2D eigenvalue weighted by Gasteiger charge is 2.31. The zero-order valence-corrected chi connectivity index (χ0v) is 13.6. The van der Waals surface area contributed by atoms with Crippen LogP contribution in [0.4, 0.5) is 5.69 Å². The van der Waals surface area contributed by atoms with Gasteiger partial charge in [-0.2, -0.15) is 0 Å². The molecular weight excluding hydrogens is 312 g/mol. The molecule has 1 unspecified atom stereocenters. The maximum atomic E-state index is 12.3. The topological polar surface area (TPSA) is 58.6 Å². The first-order chi connectivity index (χ1) is 11.1. The lowest BCUT2D eigenvalue weighted by Crippen LogP contribution is -2.45. The van der Waals surface area contributed by atoms with Crippen molar-refractivity contribution < 1.29 is 14.3 Å². The number of benzene rings is 1. The highest BCUT2D eigenvalue weighted by Crippen LogP contribution is 2.33. The molecule has 0 fully saturated rings. The second-order valence-electron chi connectivity index (χ2n) is 5.32. The Kier molecular flexibility index (Phi) is 4.62. The second-order valence-corrected chi connectivity index (χ2v) is 6.36. The average Bonchev–Trinajstić information content (AvgIpc) is 3.07. The number of fused-ring (bicyclic) bond motifs is 1. The first-order valence-corrected chi connectivity index (χ1v) is 8.39. The average molecular weight is 330 g/mol. The number of nitrogens with one attached hydrogen (secondary N) is 1. The molecule has 2 aromatic rings. The van der Waals surface area contributed by atoms with Crippen LogP contribution >= 0.6 is 11.3 Å². The van der Waals surface area contributed by atoms with Gasteiger partial charge >= 0.3 is 0 Å². The minimum Gasteiger partial charge on any atom is -0.479 e. The molecule has 120 valence electrons. The van der Waals surface area contributed by atoms with Crippen molar-refractivity contribution >= 4 is 28.8 Å². The summed E-state index contributed by atoms with van der Waals surface area (Å²) in [4.78, 5) is 27.1. The van der Waals surface area contributed by atoms with Gasteiger partial charge in [0.05, 0.1) is 12.2 Å². The third kappa shape index (κ3) is 3.53. The molecule has 2 amide bonds. The number of carbonyl (C=O) groups is 2. The number of carbonyl (C=O) groups excluding carboxylic acids is 2. The summed E-state index contributed by atoms with van der Waals surface area (Å²) in [6.45, 7) is 2.60. The van der Waals surface area contributed by atoms with E-state index in [1.165, 1.54) is 0 Å². The molecule has 1 aromatic carbocycles. The lowest BCUT2D eigenvalue weighted by atomic mass is 10.1. The largest absolute Gasteiger partial charge is 0.479 e. The Morgan fingerprint density at radius 2 is 2.13 bits per heavy atom. The van der Waals surface area contributed by atoms with Crippen LogP contribution < -0.4 is 15.0 Å². The highest BCUT2D eigenvalue weighted by molar-refractivity contribution is 7.09. The first-order valence-electron chi connectivity index (χ1n) is 7.51. The number of para-hydroxylation sites is 2. The molecule has 2 heterocycles. The summed E-state index contributed by atoms with van der Waals surface area (Å²) in [5.74, 6) is 0.496. The number of amides is 2. The van der Waals surface area contributed by atoms with E-state index in [2.05, 4.69) is 5.32 Å². The van der Waals surface area contributed by atoms with E-state index in [1.807, 2.05) is 41.8 Å². The Hall–Kier alpha value is -2.34. The number of hydrogen-bond acceptors (Lipinski definition) is 4. The van der Waals surface area contributed by atoms with E-state index in [-0.39, 0.29) is 18.2 Å². The van der Waals surface area contributed by atoms with Gasteiger partial charge in [0.25, 0.3) is 5.91 Å². The van der Waals surface area contributed by atoms with E-state index in [0.29, 0.717) is 18.8 Å². The molecule has 3 rings (SSSR count). The number of anilines is 1. The molecule has 5 nitrogen and oxygen atoms in total. The second kappa shape index (κ2) is 6.83. The quantitative estimate of drug-likeness (QED) is 0.917. The van der Waals surface area contributed by atoms with E-state index in [0.717, 1.165) is 10.6 Å². The minimum absolute atomic E-state index is 0.0668. The maximum absolute atomic E-state index is 12.3. The summed E-state index contributed by atoms with van der Waals surface area (Å²) < 4.78 is 5.59. The van der Waals surface area contributed by atoms with Crippen molar-refractivity contribution in [2.45, 2.75) is 26.0 Å². The molecule has 1 N–H and O–H groups in total. The summed E-state index contributed by atoms with van der Waals surface area (Å²) in [6.07, 6.45) is -0.267. The van der Waals surface area contributed by atoms with Crippen LogP contribution in [0.5, 0.6) is 5.75 Å². The van der Waals surface area contributed by atoms with Gasteiger partial charge in [-0.05, 0) is 30.5 Å². The molecule has 1 aliphatic rings. The molecule has 1 aromatic heterocycles. The Bertz CT molecular complexity index is 700. The molecule has 0 saturated carbocycles. The predicted molar refractivity (Wildman–Crippen MR) is 89.7 cm³/mol. The van der Waals surface area contributed by atoms with Crippen LogP contribution in [0.1, 0.15) is 18.2 Å². The van der Waals surface area contributed by atoms with E-state index in [9.17, 15) is 9.59 Å². The van der Waals surface area contributed by atoms with Crippen LogP contribution in [-0.2, 0) is 16.1 Å². The van der Waals surface area contributed by atoms with Gasteiger partial charge in [0.15, 0.2) is 6.10 Å². The van der Waals surface area contributed by atoms with Crippen molar-refractivity contribution in [3.8, 4) is 5.75 Å². The minimum atomic E-state index is -0.529. The number of rotatable bonds is 5. The summed E-state index contributed by atoms with van der Waals surface area (Å²) in [5, 5.41) is 4.86. The molecule has 1 atom stereocenters. The molecule has 0 bridgehead atoms. The molecule has 1 aliphatic heterocycles. The van der Waals surface area contributed by atoms with Crippen LogP contribution in [0.15, 0.2) is 41.8 Å². The standard InChI is InChI=1S/C17H18N2O3S/c1-12-17(21)19(14-6-2-3-7-15(14)22-12)9-8-16(20)18-11-13-5-4-10-23-13/h2-7,10,12H,8-9,11H2,1H3,(H,18,20). The fraction of sp³-hybridized carbons (Fsp3) is 0.294. The van der Waals surface area contributed by atoms with E-state index in [1.54, 1.807) is 23.2 Å². The van der Waals surface area contributed by atoms with Crippen LogP contribution in [0.25, 0.3) is 0 Å². The van der Waals surface area contributed by atoms with Crippen molar-refractivity contribution in [1.29, 1.82) is 0 Å². The van der Waals surface area contributed by atoms with Crippen LogP contribution in [-0.4, -0.2) is 24.5 Å². The third-order valence-electron chi connectivity index (χ3n) is 3.68. The molecular formula is C17H18N2O3S. The zero-order chi connectivity index (χ0) is 16.2. The fourth-order valence-electron chi connectivity index (χ4n) is 2.49. The van der Waals surface area contributed by atoms with Gasteiger partial charge in [0.1, 0.15) is 5.75 Å². The van der Waals surface area contributed by atoms with E-state index >= 15 is 0 Å². The zero-order valence-electron chi connectivity index (χ0n) is 12.8. The van der Waals surface area contributed by atoms with Crippen LogP contribution in [0, 0.1) is 0 Å². The third-order valence-corrected chi connectivity index (χ3v) is 4.55. The predicted octanol–water partition coefficient (Wildman–Crippen LogP) is 2.57. The van der Waals surface area contributed by atoms with Gasteiger partial charge in [0, 0.05) is 17.8 Å². The Morgan fingerprint density at radius 1 is 1.30 bits per heavy atom. The molecule has 0 aliphatic carbocycles. The van der Waals surface area contributed by atoms with Crippen molar-refractivity contribution in [2.24, 2.45) is 0 Å². The maximum Gasteiger partial charge on any atom is 0.267 e. The van der Waals surface area contributed by atoms with Crippen molar-refractivity contribution in [2.75, 3.05) is 11.4 Å².